The van der Waals surface area contributed by atoms with E-state index in [0.717, 1.165) is 57.8 Å². The van der Waals surface area contributed by atoms with Crippen molar-refractivity contribution in [3.05, 3.63) is 47.8 Å². The van der Waals surface area contributed by atoms with Crippen molar-refractivity contribution >= 4 is 23.4 Å². The maximum Gasteiger partial charge on any atom is 0.326 e. The molecular weight excluding hydrogens is 588 g/mol. The van der Waals surface area contributed by atoms with E-state index in [0.29, 0.717) is 24.2 Å². The second-order valence-corrected chi connectivity index (χ2v) is 14.7. The van der Waals surface area contributed by atoms with E-state index in [1.165, 1.54) is 42.4 Å². The highest BCUT2D eigenvalue weighted by Crippen LogP contribution is 2.66. The van der Waals surface area contributed by atoms with Gasteiger partial charge in [-0.15, -0.1) is 0 Å². The standard InChI is InChI=1S/C38H54N2O5.C2H6/c1-4-5-6-7-8-9-12-33(36(43)44)40-34(41)17-18-35(42)45-28-19-21-37(2)27(24-28)13-14-29-31-16-15-30(26-11-10-23-39-25-26)38(31,3)22-20-32(29)37;1-2/h10-11,13,15,23,25,28-29,31-33H,4-9,12,14,16-22,24H2,1-3H3,(H,40,41)(H,43,44);1-2H3. The Hall–Kier alpha value is -2.96. The molecule has 0 saturated heterocycles. The third-order valence-electron chi connectivity index (χ3n) is 11.9. The molecule has 1 amide bonds. The van der Waals surface area contributed by atoms with Crippen LogP contribution in [0.4, 0.5) is 0 Å². The van der Waals surface area contributed by atoms with Gasteiger partial charge in [-0.05, 0) is 90.7 Å². The Labute approximate surface area is 283 Å². The summed E-state index contributed by atoms with van der Waals surface area (Å²) in [4.78, 5) is 41.3. The molecule has 7 nitrogen and oxygen atoms in total. The van der Waals surface area contributed by atoms with Crippen LogP contribution in [0.25, 0.3) is 5.57 Å². The fourth-order valence-electron chi connectivity index (χ4n) is 9.38. The van der Waals surface area contributed by atoms with E-state index in [2.05, 4.69) is 49.3 Å². The summed E-state index contributed by atoms with van der Waals surface area (Å²) in [7, 11) is 0. The average Bonchev–Trinajstić information content (AvgIpc) is 3.43. The topological polar surface area (TPSA) is 106 Å². The molecule has 0 aliphatic heterocycles. The number of esters is 1. The van der Waals surface area contributed by atoms with Crippen LogP contribution in [0.5, 0.6) is 0 Å². The number of amides is 1. The first-order chi connectivity index (χ1) is 22.7. The third kappa shape index (κ3) is 8.56. The number of fused-ring (bicyclic) bond motifs is 5. The normalized spacial score (nSPS) is 29.8. The number of nitrogens with zero attached hydrogens (tertiary/aromatic N) is 1. The van der Waals surface area contributed by atoms with Crippen molar-refractivity contribution in [2.75, 3.05) is 0 Å². The molecule has 2 N–H and O–H groups in total. The van der Waals surface area contributed by atoms with Gasteiger partial charge in [0.15, 0.2) is 0 Å². The highest BCUT2D eigenvalue weighted by Gasteiger charge is 2.57. The van der Waals surface area contributed by atoms with Gasteiger partial charge in [0, 0.05) is 25.2 Å². The molecule has 0 spiro atoms. The highest BCUT2D eigenvalue weighted by molar-refractivity contribution is 5.85. The van der Waals surface area contributed by atoms with Gasteiger partial charge >= 0.3 is 11.9 Å². The lowest BCUT2D eigenvalue weighted by atomic mass is 9.47. The summed E-state index contributed by atoms with van der Waals surface area (Å²) in [6.45, 7) is 11.1. The minimum Gasteiger partial charge on any atom is -0.480 e. The third-order valence-corrected chi connectivity index (χ3v) is 11.9. The number of carboxylic acid groups (broad SMARTS) is 1. The second-order valence-electron chi connectivity index (χ2n) is 14.7. The zero-order valence-electron chi connectivity index (χ0n) is 29.7. The van der Waals surface area contributed by atoms with E-state index in [1.807, 2.05) is 32.3 Å². The Bertz CT molecular complexity index is 1270. The van der Waals surface area contributed by atoms with Gasteiger partial charge in [-0.2, -0.15) is 0 Å². The summed E-state index contributed by atoms with van der Waals surface area (Å²) in [6.07, 6.45) is 22.6. The molecule has 47 heavy (non-hydrogen) atoms. The quantitative estimate of drug-likeness (QED) is 0.118. The van der Waals surface area contributed by atoms with Crippen LogP contribution in [0.3, 0.4) is 0 Å². The molecule has 5 rings (SSSR count). The first kappa shape index (κ1) is 36.9. The lowest BCUT2D eigenvalue weighted by Crippen LogP contribution is -2.50. The Kier molecular flexibility index (Phi) is 13.3. The number of pyridine rings is 1. The van der Waals surface area contributed by atoms with Gasteiger partial charge in [-0.25, -0.2) is 4.79 Å². The maximum atomic E-state index is 12.8. The second kappa shape index (κ2) is 16.9. The van der Waals surface area contributed by atoms with Gasteiger partial charge in [0.1, 0.15) is 12.1 Å². The van der Waals surface area contributed by atoms with Gasteiger partial charge in [-0.3, -0.25) is 14.6 Å². The van der Waals surface area contributed by atoms with E-state index in [9.17, 15) is 19.5 Å². The molecule has 2 fully saturated rings. The van der Waals surface area contributed by atoms with Crippen molar-refractivity contribution in [2.45, 2.75) is 149 Å². The average molecular weight is 649 g/mol. The number of nitrogens with one attached hydrogen (secondary N) is 1. The predicted molar refractivity (Wildman–Crippen MR) is 187 cm³/mol. The number of ether oxygens (including phenoxy) is 1. The zero-order valence-corrected chi connectivity index (χ0v) is 29.7. The van der Waals surface area contributed by atoms with Gasteiger partial charge in [0.2, 0.25) is 5.91 Å². The first-order valence-electron chi connectivity index (χ1n) is 18.7. The van der Waals surface area contributed by atoms with Gasteiger partial charge < -0.3 is 15.2 Å². The summed E-state index contributed by atoms with van der Waals surface area (Å²) >= 11 is 0. The predicted octanol–water partition coefficient (Wildman–Crippen LogP) is 9.08. The van der Waals surface area contributed by atoms with E-state index < -0.39 is 17.9 Å². The van der Waals surface area contributed by atoms with Gasteiger partial charge in [0.05, 0.1) is 6.42 Å². The summed E-state index contributed by atoms with van der Waals surface area (Å²) in [6, 6.07) is 3.34. The molecule has 2 saturated carbocycles. The van der Waals surface area contributed by atoms with E-state index in [4.69, 9.17) is 4.74 Å². The molecule has 4 aliphatic carbocycles. The van der Waals surface area contributed by atoms with Crippen LogP contribution in [0.1, 0.15) is 143 Å². The van der Waals surface area contributed by atoms with Crippen LogP contribution in [-0.4, -0.2) is 40.1 Å². The number of hydrogen-bond donors (Lipinski definition) is 2. The molecular formula is C40H60N2O5. The number of carbonyl (C=O) groups excluding carboxylic acids is 2. The number of carbonyl (C=O) groups is 3. The SMILES string of the molecule is CC.CCCCCCCCC(NC(=O)CCC(=O)OC1CCC2(C)C(=CCC3C2CCC2(C)C(c4cccnc4)=CCC32)C1)C(=O)O. The molecule has 1 aromatic rings. The molecule has 0 bridgehead atoms. The monoisotopic (exact) mass is 648 g/mol. The maximum absolute atomic E-state index is 12.8. The molecule has 1 aromatic heterocycles. The lowest BCUT2D eigenvalue weighted by molar-refractivity contribution is -0.152. The number of unbranched alkanes of at least 4 members (excludes halogenated alkanes) is 5. The van der Waals surface area contributed by atoms with Crippen LogP contribution >= 0.6 is 0 Å². The van der Waals surface area contributed by atoms with E-state index >= 15 is 0 Å². The molecule has 4 aliphatic rings. The number of aliphatic carboxylic acids is 1. The zero-order chi connectivity index (χ0) is 34.0. The molecule has 0 radical (unpaired) electrons. The number of allylic oxidation sites excluding steroid dienone is 3. The first-order valence-corrected chi connectivity index (χ1v) is 18.7. The van der Waals surface area contributed by atoms with Crippen LogP contribution < -0.4 is 5.32 Å². The van der Waals surface area contributed by atoms with Crippen molar-refractivity contribution < 1.29 is 24.2 Å². The van der Waals surface area contributed by atoms with Crippen molar-refractivity contribution in [2.24, 2.45) is 28.6 Å². The number of carboxylic acids is 1. The smallest absolute Gasteiger partial charge is 0.326 e. The molecule has 0 aromatic carbocycles. The summed E-state index contributed by atoms with van der Waals surface area (Å²) < 4.78 is 5.89. The van der Waals surface area contributed by atoms with Crippen LogP contribution in [0, 0.1) is 28.6 Å². The largest absolute Gasteiger partial charge is 0.480 e. The summed E-state index contributed by atoms with van der Waals surface area (Å²) in [5, 5.41) is 12.2. The van der Waals surface area contributed by atoms with E-state index in [-0.39, 0.29) is 35.7 Å². The van der Waals surface area contributed by atoms with Crippen molar-refractivity contribution in [1.82, 2.24) is 10.3 Å². The Morgan fingerprint density at radius 1 is 0.979 bits per heavy atom. The Balaban J connectivity index is 0.00000245. The van der Waals surface area contributed by atoms with Gasteiger partial charge in [-0.1, -0.05) is 96.9 Å². The Morgan fingerprint density at radius 2 is 1.72 bits per heavy atom. The summed E-state index contributed by atoms with van der Waals surface area (Å²) in [5.41, 5.74) is 4.55. The van der Waals surface area contributed by atoms with Crippen molar-refractivity contribution in [3.8, 4) is 0 Å². The molecule has 7 atom stereocenters. The molecule has 7 unspecified atom stereocenters. The molecule has 1 heterocycles. The fraction of sp³-hybridized carbons (Fsp3) is 0.700. The molecule has 260 valence electrons. The fourth-order valence-corrected chi connectivity index (χ4v) is 9.38. The Morgan fingerprint density at radius 3 is 2.45 bits per heavy atom. The minimum atomic E-state index is -1.02. The number of rotatable bonds is 14. The molecule has 7 heteroatoms. The van der Waals surface area contributed by atoms with Crippen LogP contribution in [0.15, 0.2) is 42.3 Å². The number of hydrogen-bond acceptors (Lipinski definition) is 5. The highest BCUT2D eigenvalue weighted by atomic mass is 16.5. The van der Waals surface area contributed by atoms with Crippen LogP contribution in [0.2, 0.25) is 0 Å². The number of aromatic nitrogens is 1. The van der Waals surface area contributed by atoms with Gasteiger partial charge in [0.25, 0.3) is 0 Å². The van der Waals surface area contributed by atoms with Crippen LogP contribution in [-0.2, 0) is 19.1 Å². The minimum absolute atomic E-state index is 0.0285. The summed E-state index contributed by atoms with van der Waals surface area (Å²) in [5.74, 6) is 0.166. The lowest BCUT2D eigenvalue weighted by Gasteiger charge is -2.57. The van der Waals surface area contributed by atoms with Crippen molar-refractivity contribution in [1.29, 1.82) is 0 Å². The van der Waals surface area contributed by atoms with Crippen molar-refractivity contribution in [3.63, 3.8) is 0 Å². The van der Waals surface area contributed by atoms with E-state index in [1.54, 1.807) is 0 Å².